The number of rotatable bonds is 6. The van der Waals surface area contributed by atoms with Gasteiger partial charge in [-0.1, -0.05) is 35.3 Å². The summed E-state index contributed by atoms with van der Waals surface area (Å²) in [6.45, 7) is 8.61. The number of hydrogen-bond acceptors (Lipinski definition) is 2. The molecule has 1 heterocycles. The van der Waals surface area contributed by atoms with Gasteiger partial charge in [0.15, 0.2) is 0 Å². The van der Waals surface area contributed by atoms with Crippen molar-refractivity contribution in [3.63, 3.8) is 0 Å². The van der Waals surface area contributed by atoms with Crippen molar-refractivity contribution in [3.05, 3.63) is 46.5 Å². The van der Waals surface area contributed by atoms with E-state index in [0.29, 0.717) is 16.7 Å². The van der Waals surface area contributed by atoms with Gasteiger partial charge in [0.05, 0.1) is 16.1 Å². The average Bonchev–Trinajstić information content (AvgIpc) is 2.50. The Labute approximate surface area is 137 Å². The molecule has 1 aromatic rings. The third-order valence-electron chi connectivity index (χ3n) is 4.36. The van der Waals surface area contributed by atoms with E-state index < -0.39 is 0 Å². The van der Waals surface area contributed by atoms with E-state index >= 15 is 0 Å². The minimum atomic E-state index is -0.0241. The number of piperidine rings is 1. The van der Waals surface area contributed by atoms with Crippen molar-refractivity contribution in [2.75, 3.05) is 19.7 Å². The first-order valence-electron chi connectivity index (χ1n) is 7.53. The molecule has 1 aliphatic heterocycles. The second-order valence-electron chi connectivity index (χ2n) is 5.50. The van der Waals surface area contributed by atoms with Crippen LogP contribution >= 0.6 is 23.2 Å². The van der Waals surface area contributed by atoms with Gasteiger partial charge in [0.2, 0.25) is 0 Å². The number of ether oxygens (including phenoxy) is 1. The first-order chi connectivity index (χ1) is 10.1. The molecule has 1 aromatic carbocycles. The molecule has 0 aromatic heterocycles. The van der Waals surface area contributed by atoms with E-state index in [-0.39, 0.29) is 11.5 Å². The largest absolute Gasteiger partial charge is 0.377 e. The zero-order valence-corrected chi connectivity index (χ0v) is 14.0. The highest BCUT2D eigenvalue weighted by Crippen LogP contribution is 2.41. The van der Waals surface area contributed by atoms with Gasteiger partial charge in [-0.05, 0) is 57.0 Å². The van der Waals surface area contributed by atoms with Crippen molar-refractivity contribution in [1.82, 2.24) is 5.32 Å². The summed E-state index contributed by atoms with van der Waals surface area (Å²) in [4.78, 5) is 0. The second kappa shape index (κ2) is 7.64. The van der Waals surface area contributed by atoms with Crippen LogP contribution in [0.1, 0.15) is 31.7 Å². The highest BCUT2D eigenvalue weighted by Gasteiger charge is 2.41. The number of halogens is 2. The fourth-order valence-corrected chi connectivity index (χ4v) is 3.58. The van der Waals surface area contributed by atoms with Crippen LogP contribution in [0.15, 0.2) is 30.9 Å². The summed E-state index contributed by atoms with van der Waals surface area (Å²) in [6, 6.07) is 5.99. The van der Waals surface area contributed by atoms with E-state index in [9.17, 15) is 0 Å². The molecule has 0 bridgehead atoms. The number of benzene rings is 1. The lowest BCUT2D eigenvalue weighted by atomic mass is 9.68. The van der Waals surface area contributed by atoms with E-state index in [2.05, 4.69) is 18.0 Å². The highest BCUT2D eigenvalue weighted by molar-refractivity contribution is 6.42. The van der Waals surface area contributed by atoms with Crippen LogP contribution in [0.5, 0.6) is 0 Å². The Morgan fingerprint density at radius 1 is 1.33 bits per heavy atom. The topological polar surface area (TPSA) is 21.3 Å². The van der Waals surface area contributed by atoms with Crippen LogP contribution in [0, 0.1) is 0 Å². The van der Waals surface area contributed by atoms with E-state index in [1.165, 1.54) is 5.56 Å². The SMILES string of the molecule is C=CCC(OCC)C1(c2ccc(Cl)c(Cl)c2)CCNCC1. The molecule has 1 fully saturated rings. The fourth-order valence-electron chi connectivity index (χ4n) is 3.28. The van der Waals surface area contributed by atoms with Gasteiger partial charge in [-0.15, -0.1) is 6.58 Å². The lowest BCUT2D eigenvalue weighted by molar-refractivity contribution is -0.00871. The van der Waals surface area contributed by atoms with E-state index in [1.807, 2.05) is 25.1 Å². The molecule has 116 valence electrons. The van der Waals surface area contributed by atoms with Gasteiger partial charge in [0.1, 0.15) is 0 Å². The van der Waals surface area contributed by atoms with Crippen LogP contribution in [0.25, 0.3) is 0 Å². The fraction of sp³-hybridized carbons (Fsp3) is 0.529. The maximum Gasteiger partial charge on any atom is 0.0706 e. The Morgan fingerprint density at radius 3 is 2.62 bits per heavy atom. The van der Waals surface area contributed by atoms with Gasteiger partial charge in [0, 0.05) is 12.0 Å². The lowest BCUT2D eigenvalue weighted by Gasteiger charge is -2.44. The highest BCUT2D eigenvalue weighted by atomic mass is 35.5. The van der Waals surface area contributed by atoms with Gasteiger partial charge in [-0.3, -0.25) is 0 Å². The summed E-state index contributed by atoms with van der Waals surface area (Å²) in [5.41, 5.74) is 1.20. The Hall–Kier alpha value is -0.540. The minimum Gasteiger partial charge on any atom is -0.377 e. The van der Waals surface area contributed by atoms with Crippen LogP contribution < -0.4 is 5.32 Å². The van der Waals surface area contributed by atoms with Crippen LogP contribution in [-0.4, -0.2) is 25.8 Å². The Bertz CT molecular complexity index is 484. The maximum atomic E-state index is 6.25. The maximum absolute atomic E-state index is 6.25. The third-order valence-corrected chi connectivity index (χ3v) is 5.09. The van der Waals surface area contributed by atoms with E-state index in [1.54, 1.807) is 0 Å². The monoisotopic (exact) mass is 327 g/mol. The molecule has 1 atom stereocenters. The molecule has 1 aliphatic rings. The molecular formula is C17H23Cl2NO. The first kappa shape index (κ1) is 16.8. The zero-order valence-electron chi connectivity index (χ0n) is 12.5. The zero-order chi connectivity index (χ0) is 15.3. The lowest BCUT2D eigenvalue weighted by Crippen LogP contribution is -2.48. The quantitative estimate of drug-likeness (QED) is 0.771. The molecule has 2 nitrogen and oxygen atoms in total. The summed E-state index contributed by atoms with van der Waals surface area (Å²) in [5.74, 6) is 0. The molecule has 1 N–H and O–H groups in total. The van der Waals surface area contributed by atoms with Gasteiger partial charge in [-0.2, -0.15) is 0 Å². The van der Waals surface area contributed by atoms with Crippen LogP contribution in [0.3, 0.4) is 0 Å². The summed E-state index contributed by atoms with van der Waals surface area (Å²) >= 11 is 12.3. The summed E-state index contributed by atoms with van der Waals surface area (Å²) in [7, 11) is 0. The summed E-state index contributed by atoms with van der Waals surface area (Å²) < 4.78 is 6.07. The number of nitrogens with one attached hydrogen (secondary N) is 1. The van der Waals surface area contributed by atoms with Crippen molar-refractivity contribution < 1.29 is 4.74 Å². The summed E-state index contributed by atoms with van der Waals surface area (Å²) in [5, 5.41) is 4.64. The Morgan fingerprint density at radius 2 is 2.05 bits per heavy atom. The second-order valence-corrected chi connectivity index (χ2v) is 6.32. The van der Waals surface area contributed by atoms with Crippen molar-refractivity contribution in [3.8, 4) is 0 Å². The van der Waals surface area contributed by atoms with Gasteiger partial charge >= 0.3 is 0 Å². The van der Waals surface area contributed by atoms with E-state index in [4.69, 9.17) is 27.9 Å². The van der Waals surface area contributed by atoms with Crippen molar-refractivity contribution in [1.29, 1.82) is 0 Å². The molecule has 4 heteroatoms. The molecule has 1 unspecified atom stereocenters. The Kier molecular flexibility index (Phi) is 6.12. The molecule has 0 saturated carbocycles. The molecular weight excluding hydrogens is 305 g/mol. The standard InChI is InChI=1S/C17H23Cl2NO/c1-3-5-16(21-4-2)17(8-10-20-11-9-17)13-6-7-14(18)15(19)12-13/h3,6-7,12,16,20H,1,4-5,8-11H2,2H3. The van der Waals surface area contributed by atoms with Crippen molar-refractivity contribution >= 4 is 23.2 Å². The van der Waals surface area contributed by atoms with Crippen molar-refractivity contribution in [2.24, 2.45) is 0 Å². The average molecular weight is 328 g/mol. The molecule has 1 saturated heterocycles. The normalized spacial score (nSPS) is 19.2. The molecule has 0 spiro atoms. The first-order valence-corrected chi connectivity index (χ1v) is 8.28. The Balaban J connectivity index is 2.43. The predicted octanol–water partition coefficient (Wildman–Crippen LogP) is 4.60. The van der Waals surface area contributed by atoms with Crippen LogP contribution in [-0.2, 0) is 10.2 Å². The molecule has 0 radical (unpaired) electrons. The third kappa shape index (κ3) is 3.62. The number of hydrogen-bond donors (Lipinski definition) is 1. The molecule has 0 amide bonds. The van der Waals surface area contributed by atoms with Crippen LogP contribution in [0.2, 0.25) is 10.0 Å². The molecule has 0 aliphatic carbocycles. The predicted molar refractivity (Wildman–Crippen MR) is 90.5 cm³/mol. The van der Waals surface area contributed by atoms with Gasteiger partial charge in [-0.25, -0.2) is 0 Å². The molecule has 2 rings (SSSR count). The van der Waals surface area contributed by atoms with Crippen LogP contribution in [0.4, 0.5) is 0 Å². The minimum absolute atomic E-state index is 0.0241. The van der Waals surface area contributed by atoms with E-state index in [0.717, 1.165) is 32.4 Å². The van der Waals surface area contributed by atoms with Crippen molar-refractivity contribution in [2.45, 2.75) is 37.7 Å². The van der Waals surface area contributed by atoms with Gasteiger partial charge < -0.3 is 10.1 Å². The van der Waals surface area contributed by atoms with Gasteiger partial charge in [0.25, 0.3) is 0 Å². The summed E-state index contributed by atoms with van der Waals surface area (Å²) in [6.07, 6.45) is 4.97. The smallest absolute Gasteiger partial charge is 0.0706 e. The molecule has 21 heavy (non-hydrogen) atoms.